The SMILES string of the molecule is Cc1ccc([C@@H]2C[C@H]2C(=O)Nc2cc(-c3ccc(O[C@H]4CCNC[C@H]4F)c(C#N)c3)ccn2)s1. The van der Waals surface area contributed by atoms with E-state index in [1.165, 1.54) is 9.75 Å². The zero-order chi connectivity index (χ0) is 23.7. The number of carbonyl (C=O) groups is 1. The van der Waals surface area contributed by atoms with Crippen molar-refractivity contribution in [1.82, 2.24) is 10.3 Å². The highest BCUT2D eigenvalue weighted by atomic mass is 32.1. The lowest BCUT2D eigenvalue weighted by Gasteiger charge is -2.27. The van der Waals surface area contributed by atoms with Gasteiger partial charge in [0.2, 0.25) is 5.91 Å². The summed E-state index contributed by atoms with van der Waals surface area (Å²) in [5.41, 5.74) is 1.96. The van der Waals surface area contributed by atoms with Gasteiger partial charge < -0.3 is 15.4 Å². The van der Waals surface area contributed by atoms with Crippen molar-refractivity contribution in [3.63, 3.8) is 0 Å². The number of halogens is 1. The lowest BCUT2D eigenvalue weighted by Crippen LogP contribution is -2.44. The molecule has 0 unspecified atom stereocenters. The second-order valence-electron chi connectivity index (χ2n) is 8.80. The molecule has 5 rings (SSSR count). The largest absolute Gasteiger partial charge is 0.486 e. The molecule has 0 spiro atoms. The highest BCUT2D eigenvalue weighted by Crippen LogP contribution is 2.50. The van der Waals surface area contributed by atoms with Crippen LogP contribution >= 0.6 is 11.3 Å². The topological polar surface area (TPSA) is 87.0 Å². The van der Waals surface area contributed by atoms with E-state index >= 15 is 0 Å². The summed E-state index contributed by atoms with van der Waals surface area (Å²) in [6.45, 7) is 3.01. The van der Waals surface area contributed by atoms with E-state index in [1.807, 2.05) is 12.1 Å². The maximum absolute atomic E-state index is 14.1. The molecule has 0 bridgehead atoms. The van der Waals surface area contributed by atoms with Crippen molar-refractivity contribution >= 4 is 23.1 Å². The molecule has 2 aromatic heterocycles. The Morgan fingerprint density at radius 2 is 2.12 bits per heavy atom. The van der Waals surface area contributed by atoms with Gasteiger partial charge in [0, 0.05) is 34.3 Å². The molecule has 0 radical (unpaired) electrons. The van der Waals surface area contributed by atoms with E-state index in [9.17, 15) is 14.4 Å². The molecule has 3 heterocycles. The van der Waals surface area contributed by atoms with E-state index in [0.29, 0.717) is 30.1 Å². The number of hydrogen-bond donors (Lipinski definition) is 2. The minimum Gasteiger partial charge on any atom is -0.486 e. The molecule has 174 valence electrons. The molecule has 1 aromatic carbocycles. The third-order valence-electron chi connectivity index (χ3n) is 6.33. The maximum Gasteiger partial charge on any atom is 0.229 e. The molecule has 3 aromatic rings. The number of rotatable bonds is 6. The van der Waals surface area contributed by atoms with Crippen LogP contribution in [-0.2, 0) is 4.79 Å². The first-order valence-electron chi connectivity index (χ1n) is 11.4. The lowest BCUT2D eigenvalue weighted by molar-refractivity contribution is -0.117. The normalized spacial score (nSPS) is 23.7. The van der Waals surface area contributed by atoms with Gasteiger partial charge in [0.25, 0.3) is 0 Å². The molecule has 1 amide bonds. The van der Waals surface area contributed by atoms with Crippen molar-refractivity contribution in [2.75, 3.05) is 18.4 Å². The van der Waals surface area contributed by atoms with Gasteiger partial charge in [0.05, 0.1) is 5.56 Å². The summed E-state index contributed by atoms with van der Waals surface area (Å²) in [7, 11) is 0. The molecule has 4 atom stereocenters. The second kappa shape index (κ2) is 9.53. The first-order valence-corrected chi connectivity index (χ1v) is 12.2. The Bertz CT molecular complexity index is 1250. The van der Waals surface area contributed by atoms with Gasteiger partial charge in [-0.15, -0.1) is 11.3 Å². The minimum atomic E-state index is -1.11. The number of thiophene rings is 1. The minimum absolute atomic E-state index is 0.0232. The zero-order valence-electron chi connectivity index (χ0n) is 18.8. The number of nitrogens with zero attached hydrogens (tertiary/aromatic N) is 2. The van der Waals surface area contributed by atoms with Crippen molar-refractivity contribution in [2.45, 2.75) is 38.0 Å². The quantitative estimate of drug-likeness (QED) is 0.533. The highest BCUT2D eigenvalue weighted by molar-refractivity contribution is 7.12. The molecule has 2 fully saturated rings. The van der Waals surface area contributed by atoms with Gasteiger partial charge in [-0.2, -0.15) is 5.26 Å². The van der Waals surface area contributed by atoms with E-state index in [4.69, 9.17) is 4.74 Å². The van der Waals surface area contributed by atoms with Crippen molar-refractivity contribution in [1.29, 1.82) is 5.26 Å². The first kappa shape index (κ1) is 22.5. The Hall–Kier alpha value is -3.28. The molecule has 34 heavy (non-hydrogen) atoms. The molecule has 6 nitrogen and oxygen atoms in total. The smallest absolute Gasteiger partial charge is 0.229 e. The number of nitriles is 1. The Kier molecular flexibility index (Phi) is 6.31. The summed E-state index contributed by atoms with van der Waals surface area (Å²) in [6.07, 6.45) is 1.37. The average molecular weight is 477 g/mol. The first-order chi connectivity index (χ1) is 16.5. The average Bonchev–Trinajstić information content (AvgIpc) is 3.54. The Labute approximate surface area is 201 Å². The van der Waals surface area contributed by atoms with E-state index in [0.717, 1.165) is 17.5 Å². The van der Waals surface area contributed by atoms with Crippen LogP contribution in [0.1, 0.15) is 34.1 Å². The second-order valence-corrected chi connectivity index (χ2v) is 10.1. The zero-order valence-corrected chi connectivity index (χ0v) is 19.6. The summed E-state index contributed by atoms with van der Waals surface area (Å²) >= 11 is 1.74. The van der Waals surface area contributed by atoms with Gasteiger partial charge in [-0.05, 0) is 73.8 Å². The number of aromatic nitrogens is 1. The molecule has 1 aliphatic carbocycles. The van der Waals surface area contributed by atoms with Crippen molar-refractivity contribution in [3.05, 3.63) is 64.0 Å². The van der Waals surface area contributed by atoms with Gasteiger partial charge in [0.15, 0.2) is 0 Å². The van der Waals surface area contributed by atoms with Crippen LogP contribution in [0.25, 0.3) is 11.1 Å². The fourth-order valence-corrected chi connectivity index (χ4v) is 5.40. The number of piperidine rings is 1. The lowest BCUT2D eigenvalue weighted by atomic mass is 10.0. The van der Waals surface area contributed by atoms with Crippen molar-refractivity contribution in [2.24, 2.45) is 5.92 Å². The third kappa shape index (κ3) is 4.81. The Morgan fingerprint density at radius 3 is 2.88 bits per heavy atom. The molecular formula is C26H25FN4O2S. The third-order valence-corrected chi connectivity index (χ3v) is 7.46. The number of anilines is 1. The van der Waals surface area contributed by atoms with Crippen LogP contribution in [0, 0.1) is 24.2 Å². The number of hydrogen-bond acceptors (Lipinski definition) is 6. The van der Waals surface area contributed by atoms with Crippen LogP contribution < -0.4 is 15.4 Å². The summed E-state index contributed by atoms with van der Waals surface area (Å²) in [5, 5.41) is 15.6. The predicted octanol–water partition coefficient (Wildman–Crippen LogP) is 4.81. The van der Waals surface area contributed by atoms with Gasteiger partial charge in [0.1, 0.15) is 29.9 Å². The number of pyridine rings is 1. The van der Waals surface area contributed by atoms with E-state index in [1.54, 1.807) is 35.7 Å². The van der Waals surface area contributed by atoms with Crippen LogP contribution in [0.2, 0.25) is 0 Å². The van der Waals surface area contributed by atoms with Crippen LogP contribution in [0.5, 0.6) is 5.75 Å². The number of alkyl halides is 1. The summed E-state index contributed by atoms with van der Waals surface area (Å²) in [4.78, 5) is 19.5. The van der Waals surface area contributed by atoms with Crippen molar-refractivity contribution in [3.8, 4) is 22.9 Å². The summed E-state index contributed by atoms with van der Waals surface area (Å²) < 4.78 is 20.0. The van der Waals surface area contributed by atoms with E-state index in [-0.39, 0.29) is 24.3 Å². The maximum atomic E-state index is 14.1. The van der Waals surface area contributed by atoms with Crippen LogP contribution in [0.4, 0.5) is 10.2 Å². The van der Waals surface area contributed by atoms with E-state index < -0.39 is 12.3 Å². The van der Waals surface area contributed by atoms with Crippen LogP contribution in [-0.4, -0.2) is 36.3 Å². The number of carbonyl (C=O) groups excluding carboxylic acids is 1. The number of aryl methyl sites for hydroxylation is 1. The molecule has 1 saturated heterocycles. The Balaban J connectivity index is 1.28. The summed E-state index contributed by atoms with van der Waals surface area (Å²) in [5.74, 6) is 1.09. The molecule has 2 N–H and O–H groups in total. The monoisotopic (exact) mass is 476 g/mol. The number of nitrogens with one attached hydrogen (secondary N) is 2. The molecular weight excluding hydrogens is 451 g/mol. The van der Waals surface area contributed by atoms with Gasteiger partial charge in [-0.3, -0.25) is 4.79 Å². The van der Waals surface area contributed by atoms with Crippen LogP contribution in [0.3, 0.4) is 0 Å². The van der Waals surface area contributed by atoms with Gasteiger partial charge in [-0.1, -0.05) is 6.07 Å². The molecule has 8 heteroatoms. The number of ether oxygens (including phenoxy) is 1. The Morgan fingerprint density at radius 1 is 1.26 bits per heavy atom. The molecule has 1 saturated carbocycles. The molecule has 1 aliphatic heterocycles. The number of amides is 1. The van der Waals surface area contributed by atoms with Gasteiger partial charge in [-0.25, -0.2) is 9.37 Å². The highest BCUT2D eigenvalue weighted by Gasteiger charge is 2.44. The van der Waals surface area contributed by atoms with E-state index in [2.05, 4.69) is 40.7 Å². The number of benzene rings is 1. The summed E-state index contributed by atoms with van der Waals surface area (Å²) in [6, 6.07) is 15.2. The fourth-order valence-electron chi connectivity index (χ4n) is 4.34. The molecule has 2 aliphatic rings. The van der Waals surface area contributed by atoms with Gasteiger partial charge >= 0.3 is 0 Å². The predicted molar refractivity (Wildman–Crippen MR) is 130 cm³/mol. The van der Waals surface area contributed by atoms with Crippen molar-refractivity contribution < 1.29 is 13.9 Å². The van der Waals surface area contributed by atoms with Crippen LogP contribution in [0.15, 0.2) is 48.7 Å². The standard InChI is InChI=1S/C26H25FN4O2S/c1-15-2-5-24(34-15)19-12-20(19)26(32)31-25-11-17(6-9-30-25)16-3-4-22(18(10-16)13-28)33-23-7-8-29-14-21(23)27/h2-6,9-11,19-21,23,29H,7-8,12,14H2,1H3,(H,30,31,32)/t19-,20-,21-,23+/m1/s1. The fraction of sp³-hybridized carbons (Fsp3) is 0.346.